The van der Waals surface area contributed by atoms with Crippen LogP contribution in [0.5, 0.6) is 0 Å². The lowest BCUT2D eigenvalue weighted by molar-refractivity contribution is 0.660. The average Bonchev–Trinajstić information content (AvgIpc) is 3.77. The van der Waals surface area contributed by atoms with Crippen molar-refractivity contribution < 1.29 is 0 Å². The molecule has 230 valence electrons. The molecule has 0 saturated carbocycles. The maximum atomic E-state index is 5.36. The second-order valence-corrected chi connectivity index (χ2v) is 15.1. The number of hydrogen-bond donors (Lipinski definition) is 0. The van der Waals surface area contributed by atoms with Gasteiger partial charge in [-0.1, -0.05) is 117 Å². The molecule has 0 radical (unpaired) electrons. The number of fused-ring (bicyclic) bond motifs is 12. The van der Waals surface area contributed by atoms with Crippen molar-refractivity contribution in [2.45, 2.75) is 19.3 Å². The summed E-state index contributed by atoms with van der Waals surface area (Å²) in [6.07, 6.45) is 0. The van der Waals surface area contributed by atoms with Crippen molar-refractivity contribution in [2.24, 2.45) is 0 Å². The number of imidazole rings is 1. The fraction of sp³-hybridized carbons (Fsp3) is 0.0652. The third kappa shape index (κ3) is 3.79. The standard InChI is InChI=1S/C46H30N2S/c1-46(2)38-13-7-5-11-34(38)36-23-31(19-20-39(36)46)27-15-17-28(18-16-27)41-26-37-35-12-6-8-14-43(35)49-44(37)45-47-40-24-32-21-29-9-3-4-10-30(29)22-33(32)25-42(40)48(41)45/h3-26H,1-2H3. The maximum Gasteiger partial charge on any atom is 0.156 e. The van der Waals surface area contributed by atoms with E-state index < -0.39 is 0 Å². The van der Waals surface area contributed by atoms with Crippen LogP contribution >= 0.6 is 11.3 Å². The van der Waals surface area contributed by atoms with Gasteiger partial charge in [-0.05, 0) is 103 Å². The highest BCUT2D eigenvalue weighted by atomic mass is 32.1. The van der Waals surface area contributed by atoms with Crippen molar-refractivity contribution in [1.82, 2.24) is 9.38 Å². The largest absolute Gasteiger partial charge is 0.291 e. The zero-order chi connectivity index (χ0) is 32.4. The Kier molecular flexibility index (Phi) is 5.36. The quantitative estimate of drug-likeness (QED) is 0.172. The van der Waals surface area contributed by atoms with Gasteiger partial charge in [0.1, 0.15) is 0 Å². The van der Waals surface area contributed by atoms with E-state index >= 15 is 0 Å². The van der Waals surface area contributed by atoms with Gasteiger partial charge in [0.05, 0.1) is 21.4 Å². The summed E-state index contributed by atoms with van der Waals surface area (Å²) < 4.78 is 4.91. The molecule has 0 N–H and O–H groups in total. The number of nitrogens with zero attached hydrogens (tertiary/aromatic N) is 2. The van der Waals surface area contributed by atoms with Crippen molar-refractivity contribution in [3.63, 3.8) is 0 Å². The summed E-state index contributed by atoms with van der Waals surface area (Å²) in [5.41, 5.74) is 13.5. The van der Waals surface area contributed by atoms with Crippen LogP contribution < -0.4 is 0 Å². The first-order valence-electron chi connectivity index (χ1n) is 17.0. The molecule has 1 aliphatic rings. The van der Waals surface area contributed by atoms with E-state index in [1.807, 2.05) is 11.3 Å². The van der Waals surface area contributed by atoms with Crippen LogP contribution in [-0.4, -0.2) is 9.38 Å². The van der Waals surface area contributed by atoms with Crippen LogP contribution in [0.4, 0.5) is 0 Å². The Morgan fingerprint density at radius 1 is 0.531 bits per heavy atom. The SMILES string of the molecule is CC1(C)c2ccccc2-c2cc(-c3ccc(-c4cc5c6ccccc6sc5c5nc6cc7cc8ccccc8cc7cc6n45)cc3)ccc21. The first kappa shape index (κ1) is 27.2. The van der Waals surface area contributed by atoms with E-state index in [-0.39, 0.29) is 5.41 Å². The minimum Gasteiger partial charge on any atom is -0.291 e. The Hall–Kier alpha value is -5.77. The second-order valence-electron chi connectivity index (χ2n) is 14.0. The molecule has 0 spiro atoms. The summed E-state index contributed by atoms with van der Waals surface area (Å²) in [7, 11) is 0. The number of pyridine rings is 1. The minimum atomic E-state index is 0.0101. The van der Waals surface area contributed by atoms with E-state index in [1.165, 1.54) is 80.7 Å². The second kappa shape index (κ2) is 9.65. The summed E-state index contributed by atoms with van der Waals surface area (Å²) in [6, 6.07) is 54.0. The van der Waals surface area contributed by atoms with Gasteiger partial charge < -0.3 is 0 Å². The summed E-state index contributed by atoms with van der Waals surface area (Å²) >= 11 is 1.84. The van der Waals surface area contributed by atoms with Gasteiger partial charge in [-0.25, -0.2) is 4.98 Å². The van der Waals surface area contributed by atoms with Crippen LogP contribution in [0.2, 0.25) is 0 Å². The molecular weight excluding hydrogens is 613 g/mol. The molecule has 2 nitrogen and oxygen atoms in total. The lowest BCUT2D eigenvalue weighted by atomic mass is 9.82. The molecule has 0 saturated heterocycles. The number of thiophene rings is 1. The molecule has 3 aromatic heterocycles. The van der Waals surface area contributed by atoms with Gasteiger partial charge >= 0.3 is 0 Å². The zero-order valence-corrected chi connectivity index (χ0v) is 28.0. The molecular formula is C46H30N2S. The van der Waals surface area contributed by atoms with E-state index in [2.05, 4.69) is 164 Å². The molecule has 3 heterocycles. The van der Waals surface area contributed by atoms with E-state index in [0.717, 1.165) is 22.4 Å². The Morgan fingerprint density at radius 3 is 2.04 bits per heavy atom. The highest BCUT2D eigenvalue weighted by Gasteiger charge is 2.35. The molecule has 0 amide bonds. The fourth-order valence-corrected chi connectivity index (χ4v) is 9.59. The van der Waals surface area contributed by atoms with Crippen LogP contribution in [-0.2, 0) is 5.41 Å². The summed E-state index contributed by atoms with van der Waals surface area (Å²) in [5.74, 6) is 0. The van der Waals surface area contributed by atoms with Gasteiger partial charge in [-0.15, -0.1) is 11.3 Å². The summed E-state index contributed by atoms with van der Waals surface area (Å²) in [5, 5.41) is 7.50. The topological polar surface area (TPSA) is 17.3 Å². The molecule has 3 heteroatoms. The molecule has 0 fully saturated rings. The fourth-order valence-electron chi connectivity index (χ4n) is 8.43. The molecule has 0 unspecified atom stereocenters. The van der Waals surface area contributed by atoms with Crippen molar-refractivity contribution in [3.8, 4) is 33.5 Å². The molecule has 49 heavy (non-hydrogen) atoms. The van der Waals surface area contributed by atoms with Crippen molar-refractivity contribution in [3.05, 3.63) is 157 Å². The van der Waals surface area contributed by atoms with Crippen LogP contribution in [0, 0.1) is 0 Å². The van der Waals surface area contributed by atoms with Crippen molar-refractivity contribution in [2.75, 3.05) is 0 Å². The van der Waals surface area contributed by atoms with Gasteiger partial charge in [0.2, 0.25) is 0 Å². The molecule has 7 aromatic carbocycles. The number of rotatable bonds is 2. The molecule has 10 aromatic rings. The predicted molar refractivity (Wildman–Crippen MR) is 209 cm³/mol. The lowest BCUT2D eigenvalue weighted by Crippen LogP contribution is -2.14. The minimum absolute atomic E-state index is 0.0101. The van der Waals surface area contributed by atoms with E-state index in [4.69, 9.17) is 4.98 Å². The molecule has 0 aliphatic heterocycles. The summed E-state index contributed by atoms with van der Waals surface area (Å²) in [6.45, 7) is 4.68. The van der Waals surface area contributed by atoms with Gasteiger partial charge in [-0.2, -0.15) is 0 Å². The molecule has 1 aliphatic carbocycles. The Morgan fingerprint density at radius 2 is 1.20 bits per heavy atom. The summed E-state index contributed by atoms with van der Waals surface area (Å²) in [4.78, 5) is 5.36. The lowest BCUT2D eigenvalue weighted by Gasteiger charge is -2.21. The maximum absolute atomic E-state index is 5.36. The monoisotopic (exact) mass is 642 g/mol. The Bertz CT molecular complexity index is 3010. The van der Waals surface area contributed by atoms with E-state index in [0.29, 0.717) is 0 Å². The van der Waals surface area contributed by atoms with Gasteiger partial charge in [0.25, 0.3) is 0 Å². The number of hydrogen-bond acceptors (Lipinski definition) is 2. The smallest absolute Gasteiger partial charge is 0.156 e. The Balaban J connectivity index is 1.13. The predicted octanol–water partition coefficient (Wildman–Crippen LogP) is 12.8. The molecule has 0 atom stereocenters. The van der Waals surface area contributed by atoms with Gasteiger partial charge in [0.15, 0.2) is 5.65 Å². The van der Waals surface area contributed by atoms with Crippen LogP contribution in [0.25, 0.3) is 91.9 Å². The molecule has 0 bridgehead atoms. The van der Waals surface area contributed by atoms with Gasteiger partial charge in [-0.3, -0.25) is 4.40 Å². The van der Waals surface area contributed by atoms with Crippen molar-refractivity contribution >= 4 is 69.7 Å². The number of benzene rings is 7. The first-order chi connectivity index (χ1) is 24.0. The third-order valence-corrected chi connectivity index (χ3v) is 12.1. The highest BCUT2D eigenvalue weighted by Crippen LogP contribution is 2.49. The zero-order valence-electron chi connectivity index (χ0n) is 27.2. The highest BCUT2D eigenvalue weighted by molar-refractivity contribution is 7.26. The number of aromatic nitrogens is 2. The van der Waals surface area contributed by atoms with Crippen molar-refractivity contribution in [1.29, 1.82) is 0 Å². The average molecular weight is 643 g/mol. The van der Waals surface area contributed by atoms with E-state index in [1.54, 1.807) is 0 Å². The molecule has 11 rings (SSSR count). The van der Waals surface area contributed by atoms with Gasteiger partial charge in [0, 0.05) is 20.9 Å². The van der Waals surface area contributed by atoms with Crippen LogP contribution in [0.15, 0.2) is 146 Å². The van der Waals surface area contributed by atoms with Crippen LogP contribution in [0.1, 0.15) is 25.0 Å². The van der Waals surface area contributed by atoms with E-state index in [9.17, 15) is 0 Å². The Labute approximate surface area is 287 Å². The van der Waals surface area contributed by atoms with Crippen LogP contribution in [0.3, 0.4) is 0 Å². The normalized spacial score (nSPS) is 13.7. The third-order valence-electron chi connectivity index (χ3n) is 10.9. The first-order valence-corrected chi connectivity index (χ1v) is 17.8.